The molecule has 4 amide bonds. The van der Waals surface area contributed by atoms with Crippen LogP contribution in [-0.2, 0) is 38.1 Å². The predicted molar refractivity (Wildman–Crippen MR) is 197 cm³/mol. The van der Waals surface area contributed by atoms with E-state index in [1.165, 1.54) is 0 Å². The molecule has 0 radical (unpaired) electrons. The summed E-state index contributed by atoms with van der Waals surface area (Å²) < 4.78 is 61.3. The molecule has 1 aliphatic carbocycles. The van der Waals surface area contributed by atoms with Crippen LogP contribution in [0.2, 0.25) is 25.7 Å². The minimum absolute atomic E-state index is 0.0117. The Morgan fingerprint density at radius 3 is 2.04 bits per heavy atom. The van der Waals surface area contributed by atoms with Crippen LogP contribution >= 0.6 is 0 Å². The number of nitrogens with zero attached hydrogens (tertiary/aromatic N) is 2. The van der Waals surface area contributed by atoms with Gasteiger partial charge in [-0.1, -0.05) is 44.6 Å². The van der Waals surface area contributed by atoms with Gasteiger partial charge in [0.2, 0.25) is 5.91 Å². The summed E-state index contributed by atoms with van der Waals surface area (Å²) in [6.07, 6.45) is -3.80. The van der Waals surface area contributed by atoms with Gasteiger partial charge in [0, 0.05) is 27.0 Å². The molecule has 14 nitrogen and oxygen atoms in total. The van der Waals surface area contributed by atoms with Crippen molar-refractivity contribution in [3.8, 4) is 0 Å². The van der Waals surface area contributed by atoms with Crippen LogP contribution in [0.15, 0.2) is 12.2 Å². The van der Waals surface area contributed by atoms with Crippen molar-refractivity contribution in [3.05, 3.63) is 12.2 Å². The number of carbonyl (C=O) groups excluding carboxylic acids is 6. The zero-order valence-electron chi connectivity index (χ0n) is 33.8. The number of esters is 2. The van der Waals surface area contributed by atoms with Gasteiger partial charge < -0.3 is 34.3 Å². The molecule has 2 N–H and O–H groups in total. The van der Waals surface area contributed by atoms with E-state index in [0.29, 0.717) is 30.2 Å². The molecule has 314 valence electrons. The van der Waals surface area contributed by atoms with Crippen molar-refractivity contribution < 1.29 is 66.0 Å². The Morgan fingerprint density at radius 1 is 0.945 bits per heavy atom. The van der Waals surface area contributed by atoms with Gasteiger partial charge >= 0.3 is 36.2 Å². The number of imide groups is 1. The second-order valence-corrected chi connectivity index (χ2v) is 22.8. The van der Waals surface area contributed by atoms with E-state index in [1.807, 2.05) is 0 Å². The maximum Gasteiger partial charge on any atom is 0.471 e. The number of nitrogens with one attached hydrogen (secondary N) is 1. The molecule has 2 fully saturated rings. The van der Waals surface area contributed by atoms with E-state index >= 15 is 0 Å². The van der Waals surface area contributed by atoms with Gasteiger partial charge in [0.05, 0.1) is 19.3 Å². The first-order valence-electron chi connectivity index (χ1n) is 18.8. The Labute approximate surface area is 322 Å². The van der Waals surface area contributed by atoms with Crippen molar-refractivity contribution in [1.82, 2.24) is 15.1 Å². The van der Waals surface area contributed by atoms with Gasteiger partial charge in [0.1, 0.15) is 23.3 Å². The number of rotatable bonds is 16. The molecule has 5 atom stereocenters. The third kappa shape index (κ3) is 14.7. The third-order valence-electron chi connectivity index (χ3n) is 8.69. The number of ether oxygens (including phenoxy) is 4. The smallest absolute Gasteiger partial charge is 0.464 e. The first-order chi connectivity index (χ1) is 25.1. The van der Waals surface area contributed by atoms with Gasteiger partial charge in [-0.3, -0.25) is 9.59 Å². The number of allylic oxidation sites excluding steroid dienone is 1. The van der Waals surface area contributed by atoms with E-state index in [9.17, 15) is 47.0 Å². The van der Waals surface area contributed by atoms with Crippen LogP contribution < -0.4 is 5.32 Å². The summed E-state index contributed by atoms with van der Waals surface area (Å²) in [5, 5.41) is 12.0. The molecule has 1 aliphatic heterocycles. The Bertz CT molecular complexity index is 1390. The van der Waals surface area contributed by atoms with Crippen LogP contribution in [0.4, 0.5) is 22.8 Å². The van der Waals surface area contributed by atoms with E-state index in [4.69, 9.17) is 18.9 Å². The molecule has 1 heterocycles. The molecule has 0 aromatic carbocycles. The summed E-state index contributed by atoms with van der Waals surface area (Å²) in [5.41, 5.74) is -3.70. The lowest BCUT2D eigenvalue weighted by molar-refractivity contribution is -0.175. The highest BCUT2D eigenvalue weighted by Gasteiger charge is 2.69. The number of aliphatic hydroxyl groups excluding tert-OH is 1. The zero-order chi connectivity index (χ0) is 42.2. The normalized spacial score (nSPS) is 22.1. The summed E-state index contributed by atoms with van der Waals surface area (Å²) >= 11 is 0. The van der Waals surface area contributed by atoms with Crippen LogP contribution in [0.3, 0.4) is 0 Å². The molecular formula is C37H60F3N3O11Si. The first kappa shape index (κ1) is 47.5. The number of halogens is 3. The Morgan fingerprint density at radius 2 is 1.53 bits per heavy atom. The number of amides is 4. The lowest BCUT2D eigenvalue weighted by atomic mass is 10.0. The molecule has 0 aromatic heterocycles. The quantitative estimate of drug-likeness (QED) is 0.0626. The van der Waals surface area contributed by atoms with E-state index in [1.54, 1.807) is 65.9 Å². The maximum absolute atomic E-state index is 13.5. The second kappa shape index (κ2) is 19.0. The van der Waals surface area contributed by atoms with Gasteiger partial charge in [-0.25, -0.2) is 19.2 Å². The second-order valence-electron chi connectivity index (χ2n) is 17.2. The number of β-amino-alcohol motifs (C(OH)–C–C–N with tert-alkyl or cyclic N) is 1. The van der Waals surface area contributed by atoms with Crippen LogP contribution in [0.25, 0.3) is 0 Å². The fraction of sp³-hybridized carbons (Fsp3) is 0.784. The average molecular weight is 808 g/mol. The minimum Gasteiger partial charge on any atom is -0.464 e. The maximum atomic E-state index is 13.5. The van der Waals surface area contributed by atoms with Gasteiger partial charge in [0.15, 0.2) is 5.54 Å². The standard InChI is InChI=1S/C37H60F3N3O11Si/c1-11-51-31(48)36(43(32(49)53-34(2,3)4)33(50)54-35(5,6)7)22-24(36)17-15-13-12-14-16-18-26(41-30(47)37(38,39)40)28(45)42-23-25(44)21-27(42)29(46)52-19-20-55(8,9)10/h15,17,24-27,44H,11-14,16,18-23H2,1-10H3,(H,41,47)/b17-15+/t24-,25-,26+,27+,36-/m1/s1. The Balaban J connectivity index is 2.13. The number of unbranched alkanes of at least 4 members (excludes halogenated alkanes) is 3. The van der Waals surface area contributed by atoms with Crippen molar-refractivity contribution in [2.24, 2.45) is 5.92 Å². The highest BCUT2D eigenvalue weighted by Crippen LogP contribution is 2.51. The minimum atomic E-state index is -5.26. The number of alkyl halides is 3. The molecule has 1 saturated heterocycles. The molecule has 0 spiro atoms. The summed E-state index contributed by atoms with van der Waals surface area (Å²) in [6, 6.07) is -2.16. The molecule has 0 aromatic rings. The number of aliphatic hydroxyl groups is 1. The van der Waals surface area contributed by atoms with E-state index in [-0.39, 0.29) is 45.4 Å². The summed E-state index contributed by atoms with van der Waals surface area (Å²) in [6.45, 7) is 17.3. The van der Waals surface area contributed by atoms with Crippen LogP contribution in [-0.4, -0.2) is 120 Å². The van der Waals surface area contributed by atoms with Gasteiger partial charge in [-0.2, -0.15) is 18.1 Å². The monoisotopic (exact) mass is 807 g/mol. The van der Waals surface area contributed by atoms with Crippen molar-refractivity contribution in [3.63, 3.8) is 0 Å². The fourth-order valence-corrected chi connectivity index (χ4v) is 6.65. The first-order valence-corrected chi connectivity index (χ1v) is 22.5. The highest BCUT2D eigenvalue weighted by atomic mass is 28.3. The predicted octanol–water partition coefficient (Wildman–Crippen LogP) is 5.88. The number of carbonyl (C=O) groups is 6. The third-order valence-corrected chi connectivity index (χ3v) is 10.4. The van der Waals surface area contributed by atoms with Crippen LogP contribution in [0, 0.1) is 5.92 Å². The lowest BCUT2D eigenvalue weighted by Crippen LogP contribution is -2.55. The number of likely N-dealkylation sites (tertiary alicyclic amines) is 1. The highest BCUT2D eigenvalue weighted by molar-refractivity contribution is 6.76. The van der Waals surface area contributed by atoms with E-state index < -0.39 is 91.0 Å². The molecule has 1 saturated carbocycles. The van der Waals surface area contributed by atoms with Crippen molar-refractivity contribution >= 4 is 44.0 Å². The van der Waals surface area contributed by atoms with Gasteiger partial charge in [0.25, 0.3) is 0 Å². The lowest BCUT2D eigenvalue weighted by Gasteiger charge is -2.33. The molecular weight excluding hydrogens is 747 g/mol. The summed E-state index contributed by atoms with van der Waals surface area (Å²) in [5.74, 6) is -5.42. The Kier molecular flexibility index (Phi) is 16.4. The van der Waals surface area contributed by atoms with Gasteiger partial charge in [-0.15, -0.1) is 0 Å². The average Bonchev–Trinajstić information content (AvgIpc) is 3.58. The molecule has 0 unspecified atom stereocenters. The van der Waals surface area contributed by atoms with Gasteiger partial charge in [-0.05, 0) is 80.2 Å². The van der Waals surface area contributed by atoms with E-state index in [2.05, 4.69) is 19.6 Å². The van der Waals surface area contributed by atoms with E-state index in [0.717, 1.165) is 4.90 Å². The van der Waals surface area contributed by atoms with Crippen molar-refractivity contribution in [1.29, 1.82) is 0 Å². The molecule has 2 aliphatic rings. The SMILES string of the molecule is CCOC(=O)[C@@]1(N(C(=O)OC(C)(C)C)C(=O)OC(C)(C)C)C[C@H]1/C=C/CCCCC[C@H](NC(=O)C(F)(F)F)C(=O)N1C[C@H](O)C[C@H]1C(=O)OCC[Si](C)(C)C. The molecule has 55 heavy (non-hydrogen) atoms. The zero-order valence-corrected chi connectivity index (χ0v) is 34.8. The van der Waals surface area contributed by atoms with Crippen LogP contribution in [0.1, 0.15) is 93.4 Å². The Hall–Kier alpha value is -3.67. The number of hydrogen-bond acceptors (Lipinski definition) is 11. The summed E-state index contributed by atoms with van der Waals surface area (Å²) in [4.78, 5) is 80.0. The number of hydrogen-bond donors (Lipinski definition) is 2. The van der Waals surface area contributed by atoms with Crippen molar-refractivity contribution in [2.75, 3.05) is 19.8 Å². The summed E-state index contributed by atoms with van der Waals surface area (Å²) in [7, 11) is -1.56. The molecule has 18 heteroatoms. The molecule has 0 bridgehead atoms. The largest absolute Gasteiger partial charge is 0.471 e. The van der Waals surface area contributed by atoms with Crippen LogP contribution in [0.5, 0.6) is 0 Å². The van der Waals surface area contributed by atoms with Crippen molar-refractivity contribution in [2.45, 2.75) is 160 Å². The topological polar surface area (TPSA) is 178 Å². The fourth-order valence-electron chi connectivity index (χ4n) is 5.94. The molecule has 2 rings (SSSR count).